The third-order valence-electron chi connectivity index (χ3n) is 37.6. The van der Waals surface area contributed by atoms with Gasteiger partial charge in [-0.25, -0.2) is 0 Å². The van der Waals surface area contributed by atoms with Gasteiger partial charge in [-0.05, 0) is 537 Å². The van der Waals surface area contributed by atoms with Gasteiger partial charge in [0.25, 0.3) is 0 Å². The molecule has 0 fully saturated rings. The summed E-state index contributed by atoms with van der Waals surface area (Å²) in [5, 5.41) is 0. The normalized spacial score (nSPS) is 24.6. The first-order valence-corrected chi connectivity index (χ1v) is 130. The molecular weight excluding hydrogens is 2400 g/mol. The Morgan fingerprint density at radius 1 is 0.0933 bits per heavy atom. The second-order valence-electron chi connectivity index (χ2n) is 51.6. The molecule has 0 rings (SSSR count). The highest BCUT2D eigenvalue weighted by Gasteiger charge is 2.46. The predicted molar refractivity (Wildman–Crippen MR) is 710 cm³/mol. The lowest BCUT2D eigenvalue weighted by Gasteiger charge is -2.37. The van der Waals surface area contributed by atoms with Crippen molar-refractivity contribution in [1.82, 2.24) is 0 Å². The summed E-state index contributed by atoms with van der Waals surface area (Å²) >= 11 is 0. The maximum atomic E-state index is 12.0. The minimum absolute atomic E-state index is 0.0246. The third-order valence-corrected chi connectivity index (χ3v) is 93.6. The van der Waals surface area contributed by atoms with E-state index in [2.05, 4.69) is 0 Å². The number of hydrogen-bond acceptors (Lipinski definition) is 30. The smallest absolute Gasteiger partial charge is 0.172 e. The van der Waals surface area contributed by atoms with Crippen LogP contribution in [0.5, 0.6) is 0 Å². The van der Waals surface area contributed by atoms with Crippen LogP contribution in [0.3, 0.4) is 0 Å². The van der Waals surface area contributed by atoms with Crippen LogP contribution in [0.4, 0.5) is 0 Å². The Kier molecular flexibility index (Phi) is 84.1. The molecule has 0 saturated carbocycles. The van der Waals surface area contributed by atoms with Crippen LogP contribution in [-0.4, -0.2) is 415 Å². The molecule has 30 nitrogen and oxygen atoms in total. The van der Waals surface area contributed by atoms with E-state index >= 15 is 0 Å². The van der Waals surface area contributed by atoms with Crippen molar-refractivity contribution >= 4 is 271 Å². The van der Waals surface area contributed by atoms with E-state index in [9.17, 15) is 144 Å². The Hall–Kier alpha value is 5.31. The molecule has 30 N–H and O–H groups in total. The molecular formula is C90H242O30Si30. The Bertz CT molecular complexity index is 3080. The second kappa shape index (κ2) is 81.2. The molecule has 0 aromatic carbocycles. The van der Waals surface area contributed by atoms with Gasteiger partial charge >= 0.3 is 0 Å². The zero-order chi connectivity index (χ0) is 116. The Labute approximate surface area is 962 Å². The molecule has 0 aliphatic carbocycles. The van der Waals surface area contributed by atoms with E-state index in [1.54, 1.807) is 0 Å². The third kappa shape index (κ3) is 63.7. The van der Waals surface area contributed by atoms with Gasteiger partial charge in [0.2, 0.25) is 0 Å². The van der Waals surface area contributed by atoms with Gasteiger partial charge in [0, 0.05) is 0 Å². The summed E-state index contributed by atoms with van der Waals surface area (Å²) in [6.07, 6.45) is 16.8. The molecule has 60 heteroatoms. The zero-order valence-corrected chi connectivity index (χ0v) is 134. The maximum absolute atomic E-state index is 12.0. The van der Waals surface area contributed by atoms with E-state index in [-0.39, 0.29) is 155 Å². The molecule has 0 amide bonds. The van der Waals surface area contributed by atoms with Gasteiger partial charge in [-0.2, -0.15) is 0 Å². The molecule has 0 aromatic heterocycles. The van der Waals surface area contributed by atoms with E-state index in [0.717, 1.165) is 25.3 Å². The van der Waals surface area contributed by atoms with Gasteiger partial charge in [-0.3, -0.25) is 0 Å². The molecule has 0 aliphatic rings. The van der Waals surface area contributed by atoms with E-state index in [1.807, 2.05) is 196 Å². The molecule has 902 valence electrons. The standard InChI is InChI=1S/C90H242O30Si30/c1-121(91)34-31-32-63(123(3)93)36-65(125(5)95)38-67(127(7)97)40-69(129(9)99)42-71(131(11)101)44-73(133(13)103)46-75(135(15)105)48-77(137(17)107)50-79(139(19)109)52-81(141(21)111)54-83(143(23)113)56-85(145(25)115)58-87(147(27)117)60-89(149(29)119)62-90(150(30)120)61-88(148(28)118)59-86(146(26)116)57-84(144(24)114)55-82(142(22)112)53-80(140(20)110)51-78(138(18)108)49-76(136(16)106)47-74(134(14)104)45-72(132(12)102)43-70(130(10)100)41-68(128(8)98)39-66(126(6)96)37-64(124(4)94)33-35-122(2)92/h63-150H,31-62H2,1-30H3. The molecule has 0 aromatic rings. The van der Waals surface area contributed by atoms with Gasteiger partial charge in [0.15, 0.2) is 271 Å². The van der Waals surface area contributed by atoms with E-state index in [4.69, 9.17) is 0 Å². The summed E-state index contributed by atoms with van der Waals surface area (Å²) in [7, 11) is -71.6. The van der Waals surface area contributed by atoms with E-state index in [0.29, 0.717) is 179 Å². The van der Waals surface area contributed by atoms with Gasteiger partial charge in [0.05, 0.1) is 0 Å². The molecule has 0 aliphatic heterocycles. The van der Waals surface area contributed by atoms with Gasteiger partial charge in [-0.15, -0.1) is 0 Å². The van der Waals surface area contributed by atoms with Crippen molar-refractivity contribution in [3.63, 3.8) is 0 Å². The van der Waals surface area contributed by atoms with Crippen LogP contribution in [0.15, 0.2) is 0 Å². The highest BCUT2D eigenvalue weighted by atomic mass is 28.3. The van der Waals surface area contributed by atoms with Crippen LogP contribution in [0.1, 0.15) is 193 Å². The Morgan fingerprint density at radius 3 is 0.227 bits per heavy atom. The Balaban J connectivity index is 7.12. The van der Waals surface area contributed by atoms with Gasteiger partial charge in [0.1, 0.15) is 0 Å². The number of hydrogen-bond donors (Lipinski definition) is 30. The predicted octanol–water partition coefficient (Wildman–Crippen LogP) is 3.43. The van der Waals surface area contributed by atoms with Crippen molar-refractivity contribution in [2.24, 2.45) is 0 Å². The Morgan fingerprint density at radius 2 is 0.160 bits per heavy atom. The fraction of sp³-hybridized carbons (Fsp3) is 1.00. The van der Waals surface area contributed by atoms with Crippen LogP contribution in [0.2, 0.25) is 364 Å². The lowest BCUT2D eigenvalue weighted by Crippen LogP contribution is -2.33. The largest absolute Gasteiger partial charge is 0.435 e. The summed E-state index contributed by atoms with van der Waals surface area (Å²) in [6, 6.07) is 1.48. The SMILES string of the molecule is C[SiH](O)CCCC(CC(CC(CC(CC(CC(CC(CC(CC(CC(CC(CC(CC(CC(CC(CC(CC(CC(CC(CC(CC(CC(CC(CC(CC(CC(CC(CC(CC[SiH](C)O)[SiH](C)O)[SiH](C)O)[SiH](C)O)[SiH](C)O)[SiH](C)O)[SiH](C)O)[SiH](C)O)[SiH](C)O)[SiH](C)O)[SiH](C)O)[SiH](C)O)[SiH](C)O)[SiH](C)O)[SiH](C)O)[SiH](C)O)[SiH](C)O)[SiH](C)O)[SiH](C)O)[SiH](C)O)[SiH](C)O)[SiH](C)O)[SiH](C)O)[SiH](C)O)[SiH](C)O)[SiH](C)O)[SiH](C)O)[SiH](C)O)[SiH](C)O. The monoisotopic (exact) mass is 2640 g/mol. The average Bonchev–Trinajstić information content (AvgIpc) is 0.866. The molecule has 0 saturated heterocycles. The summed E-state index contributed by atoms with van der Waals surface area (Å²) in [4.78, 5) is 350. The molecule has 0 heterocycles. The lowest BCUT2D eigenvalue weighted by molar-refractivity contribution is 0.407. The molecule has 0 bridgehead atoms. The van der Waals surface area contributed by atoms with Crippen LogP contribution in [0.25, 0.3) is 0 Å². The van der Waals surface area contributed by atoms with E-state index in [1.165, 1.54) is 0 Å². The van der Waals surface area contributed by atoms with Crippen molar-refractivity contribution in [2.45, 2.75) is 556 Å². The van der Waals surface area contributed by atoms with Gasteiger partial charge < -0.3 is 144 Å². The number of rotatable bonds is 89. The van der Waals surface area contributed by atoms with Crippen molar-refractivity contribution in [3.05, 3.63) is 0 Å². The summed E-state index contributed by atoms with van der Waals surface area (Å²) in [5.74, 6) is 0. The lowest BCUT2D eigenvalue weighted by atomic mass is 9.99. The summed E-state index contributed by atoms with van der Waals surface area (Å²) in [5.41, 5.74) is -4.64. The second-order valence-corrected chi connectivity index (χ2v) is 124. The fourth-order valence-corrected chi connectivity index (χ4v) is 77.6. The molecule has 58 atom stereocenters. The van der Waals surface area contributed by atoms with Crippen molar-refractivity contribution in [1.29, 1.82) is 0 Å². The van der Waals surface area contributed by atoms with Crippen molar-refractivity contribution < 1.29 is 144 Å². The average molecular weight is 2650 g/mol. The molecule has 58 unspecified atom stereocenters. The first-order chi connectivity index (χ1) is 69.2. The highest BCUT2D eigenvalue weighted by Crippen LogP contribution is 2.55. The molecule has 0 radical (unpaired) electrons. The zero-order valence-electron chi connectivity index (χ0n) is 99.5. The quantitative estimate of drug-likeness (QED) is 0.0388. The van der Waals surface area contributed by atoms with Crippen LogP contribution in [-0.2, 0) is 0 Å². The van der Waals surface area contributed by atoms with E-state index < -0.39 is 271 Å². The molecule has 150 heavy (non-hydrogen) atoms. The maximum Gasteiger partial charge on any atom is 0.172 e. The van der Waals surface area contributed by atoms with Crippen molar-refractivity contribution in [3.8, 4) is 0 Å². The summed E-state index contributed by atoms with van der Waals surface area (Å²) in [6.45, 7) is 56.8. The first kappa shape index (κ1) is 155. The summed E-state index contributed by atoms with van der Waals surface area (Å²) < 4.78 is 0. The van der Waals surface area contributed by atoms with Gasteiger partial charge in [-0.1, -0.05) is 19.3 Å². The minimum atomic E-state index is -2.53. The highest BCUT2D eigenvalue weighted by molar-refractivity contribution is 6.63. The van der Waals surface area contributed by atoms with Crippen LogP contribution in [0, 0.1) is 0 Å². The van der Waals surface area contributed by atoms with Crippen molar-refractivity contribution in [2.75, 3.05) is 0 Å². The minimum Gasteiger partial charge on any atom is -0.435 e. The fourth-order valence-electron chi connectivity index (χ4n) is 25.5. The first-order valence-electron chi connectivity index (χ1n) is 59.6. The topological polar surface area (TPSA) is 607 Å². The molecule has 0 spiro atoms. The van der Waals surface area contributed by atoms with Crippen LogP contribution >= 0.6 is 0 Å². The van der Waals surface area contributed by atoms with Crippen LogP contribution < -0.4 is 0 Å².